The predicted octanol–water partition coefficient (Wildman–Crippen LogP) is 3.54. The van der Waals surface area contributed by atoms with Gasteiger partial charge in [-0.25, -0.2) is 0 Å². The van der Waals surface area contributed by atoms with Crippen molar-refractivity contribution in [2.45, 2.75) is 47.0 Å². The number of Topliss-reactive ketones (excluding diaryl/α,β-unsaturated/α-hetero) is 2. The van der Waals surface area contributed by atoms with E-state index < -0.39 is 0 Å². The smallest absolute Gasteiger partial charge is 0.229 e. The summed E-state index contributed by atoms with van der Waals surface area (Å²) in [5.74, 6) is -0.696. The lowest BCUT2D eigenvalue weighted by Crippen LogP contribution is -2.18. The Balaban J connectivity index is 3.17. The van der Waals surface area contributed by atoms with E-state index in [-0.39, 0.29) is 11.6 Å². The minimum absolute atomic E-state index is 0.343. The van der Waals surface area contributed by atoms with Crippen molar-refractivity contribution in [1.82, 2.24) is 0 Å². The quantitative estimate of drug-likeness (QED) is 0.364. The Labute approximate surface area is 103 Å². The normalized spacial score (nSPS) is 24.8. The van der Waals surface area contributed by atoms with Gasteiger partial charge in [0.15, 0.2) is 0 Å². The molecule has 0 heterocycles. The van der Waals surface area contributed by atoms with Crippen LogP contribution in [0, 0.1) is 0 Å². The lowest BCUT2D eigenvalue weighted by molar-refractivity contribution is -0.132. The van der Waals surface area contributed by atoms with Crippen molar-refractivity contribution in [2.75, 3.05) is 0 Å². The van der Waals surface area contributed by atoms with Crippen LogP contribution < -0.4 is 0 Å². The molecular formula is C15H20O2. The highest BCUT2D eigenvalue weighted by Crippen LogP contribution is 2.18. The number of hydrogen-bond donors (Lipinski definition) is 0. The molecule has 0 aromatic carbocycles. The Morgan fingerprint density at radius 1 is 1.06 bits per heavy atom. The van der Waals surface area contributed by atoms with Crippen molar-refractivity contribution in [3.05, 3.63) is 34.4 Å². The van der Waals surface area contributed by atoms with E-state index in [1.807, 2.05) is 19.9 Å². The summed E-state index contributed by atoms with van der Waals surface area (Å²) in [7, 11) is 0. The zero-order valence-electron chi connectivity index (χ0n) is 11.1. The second-order valence-electron chi connectivity index (χ2n) is 4.82. The lowest BCUT2D eigenvalue weighted by atomic mass is 9.93. The average Bonchev–Trinajstić information content (AvgIpc) is 2.26. The summed E-state index contributed by atoms with van der Waals surface area (Å²) in [6.45, 7) is 7.56. The maximum absolute atomic E-state index is 12.0. The first-order valence-electron chi connectivity index (χ1n) is 6.01. The van der Waals surface area contributed by atoms with Gasteiger partial charge in [0.2, 0.25) is 11.6 Å². The van der Waals surface area contributed by atoms with Crippen LogP contribution in [-0.4, -0.2) is 11.6 Å². The summed E-state index contributed by atoms with van der Waals surface area (Å²) < 4.78 is 0. The molecule has 92 valence electrons. The lowest BCUT2D eigenvalue weighted by Gasteiger charge is -2.09. The number of carbonyl (C=O) groups is 2. The molecule has 0 N–H and O–H groups in total. The van der Waals surface area contributed by atoms with Gasteiger partial charge in [-0.05, 0) is 52.5 Å². The maximum Gasteiger partial charge on any atom is 0.229 e. The fourth-order valence-corrected chi connectivity index (χ4v) is 1.83. The standard InChI is InChI=1S/C15H20O2/c1-10(2)13-9-8-11(3)6-5-7-12(4)14(16)15(13)17/h7-8H,5-6,9H2,1-4H3/b11-8-,12-7-. The van der Waals surface area contributed by atoms with Gasteiger partial charge in [-0.3, -0.25) is 9.59 Å². The molecule has 0 aromatic heterocycles. The molecule has 1 aliphatic rings. The Morgan fingerprint density at radius 2 is 1.71 bits per heavy atom. The number of rotatable bonds is 0. The topological polar surface area (TPSA) is 34.1 Å². The van der Waals surface area contributed by atoms with Crippen LogP contribution >= 0.6 is 0 Å². The summed E-state index contributed by atoms with van der Waals surface area (Å²) in [6, 6.07) is 0. The molecule has 0 aromatic rings. The van der Waals surface area contributed by atoms with Crippen LogP contribution in [0.5, 0.6) is 0 Å². The van der Waals surface area contributed by atoms with Gasteiger partial charge in [0.1, 0.15) is 0 Å². The summed E-state index contributed by atoms with van der Waals surface area (Å²) in [5, 5.41) is 0. The second-order valence-corrected chi connectivity index (χ2v) is 4.82. The van der Waals surface area contributed by atoms with Gasteiger partial charge < -0.3 is 0 Å². The van der Waals surface area contributed by atoms with Crippen LogP contribution in [0.25, 0.3) is 0 Å². The third-order valence-electron chi connectivity index (χ3n) is 3.09. The first-order chi connectivity index (χ1) is 7.93. The molecule has 0 bridgehead atoms. The fourth-order valence-electron chi connectivity index (χ4n) is 1.83. The van der Waals surface area contributed by atoms with Crippen molar-refractivity contribution in [1.29, 1.82) is 0 Å². The van der Waals surface area contributed by atoms with Gasteiger partial charge in [-0.2, -0.15) is 0 Å². The van der Waals surface area contributed by atoms with Crippen LogP contribution in [0.3, 0.4) is 0 Å². The Bertz CT molecular complexity index is 430. The zero-order valence-corrected chi connectivity index (χ0v) is 11.1. The van der Waals surface area contributed by atoms with Crippen molar-refractivity contribution in [2.24, 2.45) is 0 Å². The number of ketones is 2. The number of carbonyl (C=O) groups excluding carboxylic acids is 2. The highest BCUT2D eigenvalue weighted by atomic mass is 16.2. The first-order valence-corrected chi connectivity index (χ1v) is 6.01. The van der Waals surface area contributed by atoms with E-state index >= 15 is 0 Å². The molecule has 0 amide bonds. The molecule has 0 saturated carbocycles. The van der Waals surface area contributed by atoms with Crippen molar-refractivity contribution >= 4 is 11.6 Å². The molecule has 1 rings (SSSR count). The van der Waals surface area contributed by atoms with Gasteiger partial charge in [-0.15, -0.1) is 0 Å². The van der Waals surface area contributed by atoms with E-state index in [1.165, 1.54) is 5.57 Å². The predicted molar refractivity (Wildman–Crippen MR) is 69.8 cm³/mol. The van der Waals surface area contributed by atoms with Crippen molar-refractivity contribution in [3.8, 4) is 0 Å². The molecule has 17 heavy (non-hydrogen) atoms. The SMILES string of the molecule is CC(C)=C1C/C=C(/C)CC/C=C(/C)C(=O)C1=O. The van der Waals surface area contributed by atoms with E-state index in [1.54, 1.807) is 6.92 Å². The van der Waals surface area contributed by atoms with E-state index in [4.69, 9.17) is 0 Å². The fraction of sp³-hybridized carbons (Fsp3) is 0.467. The number of allylic oxidation sites excluding steroid dienone is 6. The van der Waals surface area contributed by atoms with E-state index in [0.29, 0.717) is 17.6 Å². The Kier molecular flexibility index (Phi) is 4.62. The van der Waals surface area contributed by atoms with Crippen LogP contribution in [0.2, 0.25) is 0 Å². The summed E-state index contributed by atoms with van der Waals surface area (Å²) >= 11 is 0. The van der Waals surface area contributed by atoms with Gasteiger partial charge in [0, 0.05) is 5.57 Å². The molecule has 2 heteroatoms. The Hall–Kier alpha value is -1.44. The molecule has 0 saturated heterocycles. The molecular weight excluding hydrogens is 212 g/mol. The van der Waals surface area contributed by atoms with Gasteiger partial charge in [0.25, 0.3) is 0 Å². The summed E-state index contributed by atoms with van der Waals surface area (Å²) in [4.78, 5) is 23.9. The molecule has 2 nitrogen and oxygen atoms in total. The summed E-state index contributed by atoms with van der Waals surface area (Å²) in [6.07, 6.45) is 6.28. The number of hydrogen-bond acceptors (Lipinski definition) is 2. The molecule has 0 fully saturated rings. The largest absolute Gasteiger partial charge is 0.285 e. The van der Waals surface area contributed by atoms with Crippen LogP contribution in [0.4, 0.5) is 0 Å². The van der Waals surface area contributed by atoms with E-state index in [9.17, 15) is 9.59 Å². The molecule has 1 aliphatic carbocycles. The average molecular weight is 232 g/mol. The highest BCUT2D eigenvalue weighted by molar-refractivity contribution is 6.49. The molecule has 0 atom stereocenters. The zero-order chi connectivity index (χ0) is 13.0. The Morgan fingerprint density at radius 3 is 2.29 bits per heavy atom. The second kappa shape index (κ2) is 5.76. The maximum atomic E-state index is 12.0. The molecule has 0 radical (unpaired) electrons. The van der Waals surface area contributed by atoms with Crippen molar-refractivity contribution in [3.63, 3.8) is 0 Å². The molecule has 0 aliphatic heterocycles. The highest BCUT2D eigenvalue weighted by Gasteiger charge is 2.20. The third-order valence-corrected chi connectivity index (χ3v) is 3.09. The van der Waals surface area contributed by atoms with Crippen LogP contribution in [0.1, 0.15) is 47.0 Å². The van der Waals surface area contributed by atoms with Crippen LogP contribution in [-0.2, 0) is 9.59 Å². The van der Waals surface area contributed by atoms with Gasteiger partial charge in [-0.1, -0.05) is 23.3 Å². The first kappa shape index (κ1) is 13.6. The van der Waals surface area contributed by atoms with Gasteiger partial charge >= 0.3 is 0 Å². The monoisotopic (exact) mass is 232 g/mol. The van der Waals surface area contributed by atoms with E-state index in [2.05, 4.69) is 13.0 Å². The summed E-state index contributed by atoms with van der Waals surface area (Å²) in [5.41, 5.74) is 3.42. The van der Waals surface area contributed by atoms with Crippen molar-refractivity contribution < 1.29 is 9.59 Å². The molecule has 0 spiro atoms. The minimum Gasteiger partial charge on any atom is -0.285 e. The van der Waals surface area contributed by atoms with Gasteiger partial charge in [0.05, 0.1) is 0 Å². The molecule has 0 unspecified atom stereocenters. The minimum atomic E-state index is -0.353. The third kappa shape index (κ3) is 3.52. The van der Waals surface area contributed by atoms with E-state index in [0.717, 1.165) is 18.4 Å². The van der Waals surface area contributed by atoms with Crippen LogP contribution in [0.15, 0.2) is 34.4 Å².